The second-order valence-electron chi connectivity index (χ2n) is 6.08. The summed E-state index contributed by atoms with van der Waals surface area (Å²) in [5.74, 6) is -2.55. The van der Waals surface area contributed by atoms with E-state index in [0.717, 1.165) is 24.8 Å². The minimum atomic E-state index is -0.830. The Balaban J connectivity index is 2.90. The zero-order valence-electron chi connectivity index (χ0n) is 14.5. The molecule has 126 valence electrons. The first-order chi connectivity index (χ1) is 10.9. The summed E-state index contributed by atoms with van der Waals surface area (Å²) in [6.45, 7) is 7.51. The number of amides is 1. The number of nitrogens with one attached hydrogen (secondary N) is 1. The fourth-order valence-electron chi connectivity index (χ4n) is 2.51. The number of ketones is 2. The lowest BCUT2D eigenvalue weighted by Gasteiger charge is -2.17. The standard InChI is InChI=1S/C19H27NO3/c1-5-7-11-15(17(21)13(3)4)18(22)19(23)20-16-12-9-8-10-14(16)6-2/h8-10,12-13,15H,5-7,11H2,1-4H3,(H,20,23)/t15-/m1/s1. The number of hydrogen-bond acceptors (Lipinski definition) is 3. The fourth-order valence-corrected chi connectivity index (χ4v) is 2.51. The van der Waals surface area contributed by atoms with Crippen LogP contribution in [0.15, 0.2) is 24.3 Å². The van der Waals surface area contributed by atoms with Gasteiger partial charge in [-0.3, -0.25) is 14.4 Å². The summed E-state index contributed by atoms with van der Waals surface area (Å²) in [6, 6.07) is 7.39. The molecular formula is C19H27NO3. The van der Waals surface area contributed by atoms with Gasteiger partial charge in [-0.2, -0.15) is 0 Å². The van der Waals surface area contributed by atoms with Crippen molar-refractivity contribution in [1.29, 1.82) is 0 Å². The van der Waals surface area contributed by atoms with Crippen molar-refractivity contribution < 1.29 is 14.4 Å². The van der Waals surface area contributed by atoms with Crippen molar-refractivity contribution in [1.82, 2.24) is 0 Å². The lowest BCUT2D eigenvalue weighted by Crippen LogP contribution is -2.36. The summed E-state index contributed by atoms with van der Waals surface area (Å²) in [4.78, 5) is 37.0. The number of para-hydroxylation sites is 1. The van der Waals surface area contributed by atoms with Gasteiger partial charge < -0.3 is 5.32 Å². The van der Waals surface area contributed by atoms with Gasteiger partial charge in [0.25, 0.3) is 5.91 Å². The molecule has 4 heteroatoms. The third kappa shape index (κ3) is 5.31. The van der Waals surface area contributed by atoms with Crippen molar-refractivity contribution in [2.45, 2.75) is 53.4 Å². The molecule has 0 heterocycles. The summed E-state index contributed by atoms with van der Waals surface area (Å²) >= 11 is 0. The van der Waals surface area contributed by atoms with Crippen molar-refractivity contribution in [3.8, 4) is 0 Å². The summed E-state index contributed by atoms with van der Waals surface area (Å²) in [5, 5.41) is 2.67. The topological polar surface area (TPSA) is 63.2 Å². The van der Waals surface area contributed by atoms with Crippen LogP contribution in [-0.4, -0.2) is 17.5 Å². The van der Waals surface area contributed by atoms with Crippen LogP contribution in [0.25, 0.3) is 0 Å². The monoisotopic (exact) mass is 317 g/mol. The largest absolute Gasteiger partial charge is 0.319 e. The predicted octanol–water partition coefficient (Wildman–Crippen LogP) is 3.79. The fraction of sp³-hybridized carbons (Fsp3) is 0.526. The first-order valence-corrected chi connectivity index (χ1v) is 8.39. The normalized spacial score (nSPS) is 12.0. The number of carbonyl (C=O) groups is 3. The molecule has 0 aliphatic heterocycles. The SMILES string of the molecule is CCCC[C@@H](C(=O)C(=O)Nc1ccccc1CC)C(=O)C(C)C. The molecule has 0 unspecified atom stereocenters. The van der Waals surface area contributed by atoms with E-state index in [2.05, 4.69) is 5.32 Å². The summed E-state index contributed by atoms with van der Waals surface area (Å²) < 4.78 is 0. The molecule has 0 radical (unpaired) electrons. The predicted molar refractivity (Wildman–Crippen MR) is 92.3 cm³/mol. The third-order valence-corrected chi connectivity index (χ3v) is 3.95. The molecule has 0 aromatic heterocycles. The van der Waals surface area contributed by atoms with Crippen LogP contribution in [0.5, 0.6) is 0 Å². The van der Waals surface area contributed by atoms with Crippen LogP contribution in [0.4, 0.5) is 5.69 Å². The van der Waals surface area contributed by atoms with E-state index in [-0.39, 0.29) is 11.7 Å². The number of unbranched alkanes of at least 4 members (excludes halogenated alkanes) is 1. The van der Waals surface area contributed by atoms with E-state index in [4.69, 9.17) is 0 Å². The molecule has 1 aromatic rings. The molecule has 0 fully saturated rings. The minimum Gasteiger partial charge on any atom is -0.319 e. The molecule has 1 atom stereocenters. The number of aryl methyl sites for hydroxylation is 1. The van der Waals surface area contributed by atoms with Gasteiger partial charge in [-0.1, -0.05) is 58.7 Å². The molecule has 23 heavy (non-hydrogen) atoms. The van der Waals surface area contributed by atoms with Gasteiger partial charge in [-0.25, -0.2) is 0 Å². The number of rotatable bonds is 9. The highest BCUT2D eigenvalue weighted by molar-refractivity contribution is 6.44. The molecule has 0 saturated carbocycles. The number of benzene rings is 1. The van der Waals surface area contributed by atoms with E-state index in [1.165, 1.54) is 0 Å². The van der Waals surface area contributed by atoms with Crippen LogP contribution in [0.3, 0.4) is 0 Å². The maximum Gasteiger partial charge on any atom is 0.292 e. The molecule has 0 saturated heterocycles. The summed E-state index contributed by atoms with van der Waals surface area (Å²) in [5.41, 5.74) is 1.61. The van der Waals surface area contributed by atoms with Gasteiger partial charge in [0.1, 0.15) is 5.78 Å². The summed E-state index contributed by atoms with van der Waals surface area (Å²) in [7, 11) is 0. The molecule has 1 N–H and O–H groups in total. The Kier molecular flexibility index (Phi) is 7.66. The quantitative estimate of drug-likeness (QED) is 0.557. The highest BCUT2D eigenvalue weighted by atomic mass is 16.2. The number of carbonyl (C=O) groups excluding carboxylic acids is 3. The third-order valence-electron chi connectivity index (χ3n) is 3.95. The maximum absolute atomic E-state index is 12.5. The lowest BCUT2D eigenvalue weighted by molar-refractivity contribution is -0.142. The van der Waals surface area contributed by atoms with E-state index < -0.39 is 17.6 Å². The molecule has 0 aliphatic carbocycles. The van der Waals surface area contributed by atoms with Crippen molar-refractivity contribution in [2.75, 3.05) is 5.32 Å². The van der Waals surface area contributed by atoms with Crippen molar-refractivity contribution in [3.05, 3.63) is 29.8 Å². The zero-order valence-corrected chi connectivity index (χ0v) is 14.5. The van der Waals surface area contributed by atoms with Crippen molar-refractivity contribution in [3.63, 3.8) is 0 Å². The zero-order chi connectivity index (χ0) is 17.4. The van der Waals surface area contributed by atoms with Crippen LogP contribution in [-0.2, 0) is 20.8 Å². The molecule has 1 amide bonds. The molecule has 1 aromatic carbocycles. The number of anilines is 1. The van der Waals surface area contributed by atoms with E-state index >= 15 is 0 Å². The average molecular weight is 317 g/mol. The Morgan fingerprint density at radius 2 is 1.74 bits per heavy atom. The Labute approximate surface area is 138 Å². The number of hydrogen-bond donors (Lipinski definition) is 1. The maximum atomic E-state index is 12.5. The van der Waals surface area contributed by atoms with Gasteiger partial charge in [-0.15, -0.1) is 0 Å². The van der Waals surface area contributed by atoms with Crippen LogP contribution >= 0.6 is 0 Å². The van der Waals surface area contributed by atoms with Crippen LogP contribution in [0, 0.1) is 11.8 Å². The highest BCUT2D eigenvalue weighted by Crippen LogP contribution is 2.19. The lowest BCUT2D eigenvalue weighted by atomic mass is 9.87. The Bertz CT molecular complexity index is 563. The molecule has 4 nitrogen and oxygen atoms in total. The molecule has 1 rings (SSSR count). The second kappa shape index (κ2) is 9.23. The smallest absolute Gasteiger partial charge is 0.292 e. The second-order valence-corrected chi connectivity index (χ2v) is 6.08. The van der Waals surface area contributed by atoms with Crippen LogP contribution in [0.1, 0.15) is 52.5 Å². The average Bonchev–Trinajstić information content (AvgIpc) is 2.55. The van der Waals surface area contributed by atoms with Gasteiger partial charge in [-0.05, 0) is 24.5 Å². The van der Waals surface area contributed by atoms with E-state index in [1.54, 1.807) is 19.9 Å². The Morgan fingerprint density at radius 1 is 1.09 bits per heavy atom. The van der Waals surface area contributed by atoms with Gasteiger partial charge in [0.2, 0.25) is 5.78 Å². The van der Waals surface area contributed by atoms with Gasteiger partial charge in [0.05, 0.1) is 5.92 Å². The molecule has 0 bridgehead atoms. The number of Topliss-reactive ketones (excluding diaryl/α,β-unsaturated/α-hetero) is 2. The molecule has 0 aliphatic rings. The van der Waals surface area contributed by atoms with Crippen LogP contribution < -0.4 is 5.32 Å². The van der Waals surface area contributed by atoms with Crippen molar-refractivity contribution in [2.24, 2.45) is 11.8 Å². The molecule has 0 spiro atoms. The minimum absolute atomic E-state index is 0.151. The highest BCUT2D eigenvalue weighted by Gasteiger charge is 2.32. The molecular weight excluding hydrogens is 290 g/mol. The first kappa shape index (κ1) is 19.1. The van der Waals surface area contributed by atoms with Gasteiger partial charge in [0, 0.05) is 11.6 Å². The van der Waals surface area contributed by atoms with Gasteiger partial charge in [0.15, 0.2) is 0 Å². The summed E-state index contributed by atoms with van der Waals surface area (Å²) in [6.07, 6.45) is 2.84. The van der Waals surface area contributed by atoms with E-state index in [0.29, 0.717) is 12.1 Å². The van der Waals surface area contributed by atoms with E-state index in [1.807, 2.05) is 32.0 Å². The Morgan fingerprint density at radius 3 is 2.30 bits per heavy atom. The first-order valence-electron chi connectivity index (χ1n) is 8.39. The Hall–Kier alpha value is -1.97. The van der Waals surface area contributed by atoms with Crippen molar-refractivity contribution >= 4 is 23.2 Å². The van der Waals surface area contributed by atoms with Crippen LogP contribution in [0.2, 0.25) is 0 Å². The van der Waals surface area contributed by atoms with Gasteiger partial charge >= 0.3 is 0 Å². The van der Waals surface area contributed by atoms with E-state index in [9.17, 15) is 14.4 Å².